The van der Waals surface area contributed by atoms with Gasteiger partial charge in [-0.2, -0.15) is 0 Å². The standard InChI is InChI=1S/C22H31N3O2.ClH/c1-3-23-19-10-11-21(22(18-19)26-2)27-17-7-12-24-13-15-25(16-14-24)20-8-5-4-6-9-20;/h4-6,8-11,18,23H,3,7,12-17H2,1-2H3;1H. The fourth-order valence-electron chi connectivity index (χ4n) is 3.44. The Hall–Kier alpha value is -2.11. The molecule has 1 fully saturated rings. The third kappa shape index (κ3) is 6.21. The first-order chi connectivity index (χ1) is 13.3. The summed E-state index contributed by atoms with van der Waals surface area (Å²) in [7, 11) is 1.68. The number of anilines is 2. The molecule has 5 nitrogen and oxygen atoms in total. The summed E-state index contributed by atoms with van der Waals surface area (Å²) >= 11 is 0. The molecule has 1 aliphatic heterocycles. The van der Waals surface area contributed by atoms with Gasteiger partial charge in [0.15, 0.2) is 11.5 Å². The van der Waals surface area contributed by atoms with Crippen LogP contribution >= 0.6 is 12.4 Å². The average Bonchev–Trinajstić information content (AvgIpc) is 2.73. The number of methoxy groups -OCH3 is 1. The van der Waals surface area contributed by atoms with E-state index < -0.39 is 0 Å². The van der Waals surface area contributed by atoms with E-state index in [-0.39, 0.29) is 12.4 Å². The molecule has 2 aromatic carbocycles. The Morgan fingerprint density at radius 1 is 0.964 bits per heavy atom. The van der Waals surface area contributed by atoms with Crippen LogP contribution in [-0.4, -0.2) is 57.9 Å². The summed E-state index contributed by atoms with van der Waals surface area (Å²) in [5.74, 6) is 1.60. The number of hydrogen-bond acceptors (Lipinski definition) is 5. The molecule has 0 unspecified atom stereocenters. The molecule has 0 radical (unpaired) electrons. The van der Waals surface area contributed by atoms with Crippen molar-refractivity contribution in [2.24, 2.45) is 0 Å². The molecule has 6 heteroatoms. The van der Waals surface area contributed by atoms with Crippen LogP contribution in [0.15, 0.2) is 48.5 Å². The molecule has 0 bridgehead atoms. The van der Waals surface area contributed by atoms with Crippen LogP contribution in [0.25, 0.3) is 0 Å². The van der Waals surface area contributed by atoms with E-state index in [1.807, 2.05) is 18.2 Å². The van der Waals surface area contributed by atoms with Gasteiger partial charge in [-0.15, -0.1) is 12.4 Å². The minimum absolute atomic E-state index is 0. The molecule has 1 N–H and O–H groups in total. The Morgan fingerprint density at radius 2 is 1.71 bits per heavy atom. The van der Waals surface area contributed by atoms with Crippen molar-refractivity contribution < 1.29 is 9.47 Å². The molecule has 0 atom stereocenters. The summed E-state index contributed by atoms with van der Waals surface area (Å²) in [5.41, 5.74) is 2.38. The van der Waals surface area contributed by atoms with E-state index in [1.54, 1.807) is 7.11 Å². The molecule has 0 aromatic heterocycles. The topological polar surface area (TPSA) is 37.0 Å². The van der Waals surface area contributed by atoms with E-state index >= 15 is 0 Å². The minimum atomic E-state index is 0. The summed E-state index contributed by atoms with van der Waals surface area (Å²) < 4.78 is 11.4. The van der Waals surface area contributed by atoms with Crippen molar-refractivity contribution in [1.29, 1.82) is 0 Å². The fourth-order valence-corrected chi connectivity index (χ4v) is 3.44. The van der Waals surface area contributed by atoms with Gasteiger partial charge in [0, 0.05) is 56.7 Å². The lowest BCUT2D eigenvalue weighted by atomic mass is 10.2. The van der Waals surface area contributed by atoms with Gasteiger partial charge in [0.05, 0.1) is 13.7 Å². The predicted molar refractivity (Wildman–Crippen MR) is 120 cm³/mol. The molecule has 2 aromatic rings. The minimum Gasteiger partial charge on any atom is -0.493 e. The number of halogens is 1. The predicted octanol–water partition coefficient (Wildman–Crippen LogP) is 4.14. The van der Waals surface area contributed by atoms with E-state index in [2.05, 4.69) is 52.4 Å². The normalized spacial score (nSPS) is 14.3. The maximum atomic E-state index is 5.95. The Labute approximate surface area is 175 Å². The Bertz CT molecular complexity index is 691. The van der Waals surface area contributed by atoms with Crippen LogP contribution in [0.3, 0.4) is 0 Å². The summed E-state index contributed by atoms with van der Waals surface area (Å²) in [5, 5.41) is 3.29. The van der Waals surface area contributed by atoms with Crippen molar-refractivity contribution in [2.75, 3.05) is 63.2 Å². The van der Waals surface area contributed by atoms with E-state index in [9.17, 15) is 0 Å². The van der Waals surface area contributed by atoms with Gasteiger partial charge in [0.25, 0.3) is 0 Å². The lowest BCUT2D eigenvalue weighted by Gasteiger charge is -2.36. The number of piperazine rings is 1. The van der Waals surface area contributed by atoms with E-state index in [0.717, 1.165) is 62.9 Å². The van der Waals surface area contributed by atoms with Gasteiger partial charge in [-0.3, -0.25) is 4.90 Å². The van der Waals surface area contributed by atoms with E-state index in [1.165, 1.54) is 5.69 Å². The molecule has 3 rings (SSSR count). The molecular formula is C22H32ClN3O2. The van der Waals surface area contributed by atoms with Crippen LogP contribution in [0.4, 0.5) is 11.4 Å². The number of nitrogens with zero attached hydrogens (tertiary/aromatic N) is 2. The van der Waals surface area contributed by atoms with Gasteiger partial charge >= 0.3 is 0 Å². The molecule has 28 heavy (non-hydrogen) atoms. The molecule has 0 spiro atoms. The van der Waals surface area contributed by atoms with Crippen LogP contribution in [0, 0.1) is 0 Å². The third-order valence-corrected chi connectivity index (χ3v) is 4.91. The highest BCUT2D eigenvalue weighted by Gasteiger charge is 2.16. The highest BCUT2D eigenvalue weighted by molar-refractivity contribution is 5.85. The van der Waals surface area contributed by atoms with Gasteiger partial charge in [0.1, 0.15) is 0 Å². The lowest BCUT2D eigenvalue weighted by Crippen LogP contribution is -2.46. The van der Waals surface area contributed by atoms with Crippen molar-refractivity contribution in [2.45, 2.75) is 13.3 Å². The Kier molecular flexibility index (Phi) is 9.24. The first-order valence-corrected chi connectivity index (χ1v) is 9.87. The summed E-state index contributed by atoms with van der Waals surface area (Å²) in [6.45, 7) is 9.13. The van der Waals surface area contributed by atoms with Gasteiger partial charge in [0.2, 0.25) is 0 Å². The second kappa shape index (κ2) is 11.7. The summed E-state index contributed by atoms with van der Waals surface area (Å²) in [6.07, 6.45) is 1.02. The smallest absolute Gasteiger partial charge is 0.162 e. The van der Waals surface area contributed by atoms with E-state index in [0.29, 0.717) is 6.61 Å². The van der Waals surface area contributed by atoms with Crippen LogP contribution in [0.5, 0.6) is 11.5 Å². The largest absolute Gasteiger partial charge is 0.493 e. The number of ether oxygens (including phenoxy) is 2. The van der Waals surface area contributed by atoms with Gasteiger partial charge in [-0.25, -0.2) is 0 Å². The third-order valence-electron chi connectivity index (χ3n) is 4.91. The van der Waals surface area contributed by atoms with Crippen LogP contribution in [0.2, 0.25) is 0 Å². The van der Waals surface area contributed by atoms with E-state index in [4.69, 9.17) is 9.47 Å². The first-order valence-electron chi connectivity index (χ1n) is 9.87. The second-order valence-corrected chi connectivity index (χ2v) is 6.76. The SMILES string of the molecule is CCNc1ccc(OCCCN2CCN(c3ccccc3)CC2)c(OC)c1.Cl. The molecule has 1 saturated heterocycles. The van der Waals surface area contributed by atoms with Crippen molar-refractivity contribution in [3.8, 4) is 11.5 Å². The van der Waals surface area contributed by atoms with Gasteiger partial charge in [-0.05, 0) is 37.6 Å². The molecular weight excluding hydrogens is 374 g/mol. The molecule has 1 heterocycles. The maximum Gasteiger partial charge on any atom is 0.162 e. The highest BCUT2D eigenvalue weighted by Crippen LogP contribution is 2.30. The summed E-state index contributed by atoms with van der Waals surface area (Å²) in [6, 6.07) is 16.7. The number of para-hydroxylation sites is 1. The summed E-state index contributed by atoms with van der Waals surface area (Å²) in [4.78, 5) is 4.98. The quantitative estimate of drug-likeness (QED) is 0.634. The van der Waals surface area contributed by atoms with Crippen molar-refractivity contribution in [1.82, 2.24) is 4.90 Å². The monoisotopic (exact) mass is 405 g/mol. The van der Waals surface area contributed by atoms with Gasteiger partial charge < -0.3 is 19.7 Å². The van der Waals surface area contributed by atoms with Crippen molar-refractivity contribution in [3.63, 3.8) is 0 Å². The fraction of sp³-hybridized carbons (Fsp3) is 0.455. The van der Waals surface area contributed by atoms with Crippen LogP contribution in [-0.2, 0) is 0 Å². The van der Waals surface area contributed by atoms with Crippen molar-refractivity contribution in [3.05, 3.63) is 48.5 Å². The molecule has 0 aliphatic carbocycles. The highest BCUT2D eigenvalue weighted by atomic mass is 35.5. The van der Waals surface area contributed by atoms with Crippen LogP contribution < -0.4 is 19.7 Å². The van der Waals surface area contributed by atoms with Gasteiger partial charge in [-0.1, -0.05) is 18.2 Å². The number of nitrogens with one attached hydrogen (secondary N) is 1. The first kappa shape index (κ1) is 22.2. The molecule has 154 valence electrons. The zero-order valence-electron chi connectivity index (χ0n) is 16.9. The zero-order chi connectivity index (χ0) is 18.9. The lowest BCUT2D eigenvalue weighted by molar-refractivity contribution is 0.221. The Morgan fingerprint density at radius 3 is 2.39 bits per heavy atom. The van der Waals surface area contributed by atoms with Crippen molar-refractivity contribution >= 4 is 23.8 Å². The number of benzene rings is 2. The molecule has 0 amide bonds. The molecule has 1 aliphatic rings. The van der Waals surface area contributed by atoms with Crippen LogP contribution in [0.1, 0.15) is 13.3 Å². The average molecular weight is 406 g/mol. The maximum absolute atomic E-state index is 5.95. The zero-order valence-corrected chi connectivity index (χ0v) is 17.7. The Balaban J connectivity index is 0.00000280. The number of hydrogen-bond donors (Lipinski definition) is 1. The number of rotatable bonds is 9. The molecule has 0 saturated carbocycles. The second-order valence-electron chi connectivity index (χ2n) is 6.76.